The van der Waals surface area contributed by atoms with Gasteiger partial charge in [0.2, 0.25) is 0 Å². The number of nitrogens with one attached hydrogen (secondary N) is 1. The maximum absolute atomic E-state index is 12.4. The van der Waals surface area contributed by atoms with E-state index in [0.29, 0.717) is 12.6 Å². The van der Waals surface area contributed by atoms with Crippen molar-refractivity contribution in [2.24, 2.45) is 0 Å². The van der Waals surface area contributed by atoms with Crippen LogP contribution < -0.4 is 4.90 Å². The molecule has 0 saturated carbocycles. The van der Waals surface area contributed by atoms with Crippen LogP contribution in [0.2, 0.25) is 0 Å². The largest absolute Gasteiger partial charge is 0.367 e. The first kappa shape index (κ1) is 19.4. The third-order valence-corrected chi connectivity index (χ3v) is 6.90. The summed E-state index contributed by atoms with van der Waals surface area (Å²) in [7, 11) is 0. The first-order valence-corrected chi connectivity index (χ1v) is 11.2. The smallest absolute Gasteiger partial charge is 0.327 e. The standard InChI is InChI=1S/C22H30N6O2/c1-16-14-26(18-7-4-6-17-20(18)24-15-23-17)13-12-25(16)9-2-3-10-28-21(29)19-8-5-11-27(19)22(28)30/h4,6-7,15-16,19H,2-3,5,8-14H2,1H3,(H,23,24)/t16-,19?/m1/s1. The highest BCUT2D eigenvalue weighted by Crippen LogP contribution is 2.28. The Morgan fingerprint density at radius 2 is 2.00 bits per heavy atom. The number of nitrogens with zero attached hydrogens (tertiary/aromatic N) is 5. The lowest BCUT2D eigenvalue weighted by Crippen LogP contribution is -2.52. The Morgan fingerprint density at radius 3 is 2.83 bits per heavy atom. The number of aromatic nitrogens is 2. The molecule has 1 aromatic carbocycles. The van der Waals surface area contributed by atoms with Crippen molar-refractivity contribution < 1.29 is 9.59 Å². The number of carbonyl (C=O) groups is 2. The number of imidazole rings is 1. The van der Waals surface area contributed by atoms with Crippen LogP contribution in [-0.4, -0.2) is 88.0 Å². The third-order valence-electron chi connectivity index (χ3n) is 6.90. The van der Waals surface area contributed by atoms with Crippen molar-refractivity contribution in [1.82, 2.24) is 24.7 Å². The second-order valence-electron chi connectivity index (χ2n) is 8.74. The number of rotatable bonds is 6. The SMILES string of the molecule is C[C@@H]1CN(c2cccc3nc[nH]c23)CCN1CCCCN1C(=O)C2CCCN2C1=O. The van der Waals surface area contributed by atoms with Gasteiger partial charge in [0.25, 0.3) is 5.91 Å². The minimum atomic E-state index is -0.176. The molecule has 3 fully saturated rings. The van der Waals surface area contributed by atoms with Crippen LogP contribution in [0.1, 0.15) is 32.6 Å². The molecule has 2 aromatic rings. The molecule has 0 spiro atoms. The van der Waals surface area contributed by atoms with E-state index in [-0.39, 0.29) is 18.0 Å². The Labute approximate surface area is 176 Å². The molecular formula is C22H30N6O2. The average molecular weight is 411 g/mol. The van der Waals surface area contributed by atoms with Crippen LogP contribution in [0.5, 0.6) is 0 Å². The molecule has 5 rings (SSSR count). The summed E-state index contributed by atoms with van der Waals surface area (Å²) in [4.78, 5) is 40.7. The van der Waals surface area contributed by atoms with Gasteiger partial charge in [0.1, 0.15) is 6.04 Å². The predicted molar refractivity (Wildman–Crippen MR) is 115 cm³/mol. The van der Waals surface area contributed by atoms with Crippen LogP contribution in [0.25, 0.3) is 11.0 Å². The molecule has 160 valence electrons. The lowest BCUT2D eigenvalue weighted by molar-refractivity contribution is -0.128. The van der Waals surface area contributed by atoms with Crippen molar-refractivity contribution in [2.75, 3.05) is 44.2 Å². The lowest BCUT2D eigenvalue weighted by atomic mass is 10.1. The van der Waals surface area contributed by atoms with Crippen molar-refractivity contribution in [3.63, 3.8) is 0 Å². The van der Waals surface area contributed by atoms with Crippen LogP contribution in [0.15, 0.2) is 24.5 Å². The molecule has 3 amide bonds. The highest BCUT2D eigenvalue weighted by atomic mass is 16.2. The monoisotopic (exact) mass is 410 g/mol. The molecule has 0 radical (unpaired) electrons. The van der Waals surface area contributed by atoms with Crippen molar-refractivity contribution in [1.29, 1.82) is 0 Å². The summed E-state index contributed by atoms with van der Waals surface area (Å²) in [5.74, 6) is 0.0208. The number of amides is 3. The van der Waals surface area contributed by atoms with Crippen molar-refractivity contribution in [2.45, 2.75) is 44.7 Å². The van der Waals surface area contributed by atoms with E-state index in [9.17, 15) is 9.59 Å². The van der Waals surface area contributed by atoms with Gasteiger partial charge in [-0.15, -0.1) is 0 Å². The van der Waals surface area contributed by atoms with Gasteiger partial charge in [0.05, 0.1) is 23.0 Å². The van der Waals surface area contributed by atoms with Gasteiger partial charge in [-0.25, -0.2) is 9.78 Å². The zero-order chi connectivity index (χ0) is 20.7. The van der Waals surface area contributed by atoms with Crippen LogP contribution in [0.4, 0.5) is 10.5 Å². The van der Waals surface area contributed by atoms with Crippen molar-refractivity contribution in [3.8, 4) is 0 Å². The molecule has 1 aromatic heterocycles. The van der Waals surface area contributed by atoms with Crippen LogP contribution in [0.3, 0.4) is 0 Å². The molecule has 2 atom stereocenters. The van der Waals surface area contributed by atoms with Gasteiger partial charge in [0, 0.05) is 38.8 Å². The van der Waals surface area contributed by atoms with E-state index >= 15 is 0 Å². The number of imide groups is 1. The number of unbranched alkanes of at least 4 members (excludes halogenated alkanes) is 1. The maximum Gasteiger partial charge on any atom is 0.327 e. The molecule has 3 saturated heterocycles. The molecule has 3 aliphatic heterocycles. The summed E-state index contributed by atoms with van der Waals surface area (Å²) in [6, 6.07) is 6.48. The van der Waals surface area contributed by atoms with E-state index in [1.807, 2.05) is 6.07 Å². The van der Waals surface area contributed by atoms with E-state index in [1.54, 1.807) is 11.2 Å². The average Bonchev–Trinajstić information content (AvgIpc) is 3.46. The van der Waals surface area contributed by atoms with E-state index in [4.69, 9.17) is 0 Å². The zero-order valence-electron chi connectivity index (χ0n) is 17.6. The Morgan fingerprint density at radius 1 is 1.13 bits per heavy atom. The van der Waals surface area contributed by atoms with E-state index in [0.717, 1.165) is 69.4 Å². The molecule has 0 bridgehead atoms. The molecule has 4 heterocycles. The Bertz CT molecular complexity index is 921. The summed E-state index contributed by atoms with van der Waals surface area (Å²) in [6.45, 7) is 7.57. The predicted octanol–water partition coefficient (Wildman–Crippen LogP) is 2.28. The highest BCUT2D eigenvalue weighted by Gasteiger charge is 2.46. The molecule has 3 aliphatic rings. The second kappa shape index (κ2) is 7.91. The fraction of sp³-hybridized carbons (Fsp3) is 0.591. The summed E-state index contributed by atoms with van der Waals surface area (Å²) in [6.07, 6.45) is 5.42. The number of aromatic amines is 1. The quantitative estimate of drug-likeness (QED) is 0.584. The first-order chi connectivity index (χ1) is 14.6. The van der Waals surface area contributed by atoms with Gasteiger partial charge >= 0.3 is 6.03 Å². The number of para-hydroxylation sites is 1. The van der Waals surface area contributed by atoms with Gasteiger partial charge in [-0.2, -0.15) is 0 Å². The van der Waals surface area contributed by atoms with E-state index < -0.39 is 0 Å². The molecular weight excluding hydrogens is 380 g/mol. The van der Waals surface area contributed by atoms with Gasteiger partial charge < -0.3 is 14.8 Å². The molecule has 0 aliphatic carbocycles. The number of fused-ring (bicyclic) bond motifs is 2. The summed E-state index contributed by atoms with van der Waals surface area (Å²) in [5.41, 5.74) is 3.34. The molecule has 30 heavy (non-hydrogen) atoms. The second-order valence-corrected chi connectivity index (χ2v) is 8.74. The summed E-state index contributed by atoms with van der Waals surface area (Å²) >= 11 is 0. The minimum Gasteiger partial charge on any atom is -0.367 e. The maximum atomic E-state index is 12.4. The fourth-order valence-electron chi connectivity index (χ4n) is 5.23. The zero-order valence-corrected chi connectivity index (χ0v) is 17.6. The Balaban J connectivity index is 1.11. The summed E-state index contributed by atoms with van der Waals surface area (Å²) in [5, 5.41) is 0. The molecule has 1 N–H and O–H groups in total. The fourth-order valence-corrected chi connectivity index (χ4v) is 5.23. The highest BCUT2D eigenvalue weighted by molar-refractivity contribution is 6.04. The number of carbonyl (C=O) groups excluding carboxylic acids is 2. The van der Waals surface area contributed by atoms with Crippen LogP contribution >= 0.6 is 0 Å². The number of H-pyrrole nitrogens is 1. The van der Waals surface area contributed by atoms with E-state index in [2.05, 4.69) is 38.8 Å². The van der Waals surface area contributed by atoms with Crippen molar-refractivity contribution >= 4 is 28.7 Å². The van der Waals surface area contributed by atoms with E-state index in [1.165, 1.54) is 10.6 Å². The Kier molecular flexibility index (Phi) is 5.10. The van der Waals surface area contributed by atoms with Crippen molar-refractivity contribution in [3.05, 3.63) is 24.5 Å². The topological polar surface area (TPSA) is 75.8 Å². The van der Waals surface area contributed by atoms with Gasteiger partial charge in [-0.05, 0) is 51.3 Å². The van der Waals surface area contributed by atoms with Gasteiger partial charge in [0.15, 0.2) is 0 Å². The normalized spacial score (nSPS) is 25.0. The van der Waals surface area contributed by atoms with Gasteiger partial charge in [-0.3, -0.25) is 14.6 Å². The number of urea groups is 1. The third kappa shape index (κ3) is 3.33. The lowest BCUT2D eigenvalue weighted by Gasteiger charge is -2.41. The molecule has 8 nitrogen and oxygen atoms in total. The number of hydrogen-bond donors (Lipinski definition) is 1. The number of hydrogen-bond acceptors (Lipinski definition) is 5. The number of anilines is 1. The Hall–Kier alpha value is -2.61. The van der Waals surface area contributed by atoms with Crippen LogP contribution in [0, 0.1) is 0 Å². The van der Waals surface area contributed by atoms with Crippen LogP contribution in [-0.2, 0) is 4.79 Å². The molecule has 1 unspecified atom stereocenters. The number of benzene rings is 1. The first-order valence-electron chi connectivity index (χ1n) is 11.2. The summed E-state index contributed by atoms with van der Waals surface area (Å²) < 4.78 is 0. The minimum absolute atomic E-state index is 0.0208. The van der Waals surface area contributed by atoms with Gasteiger partial charge in [-0.1, -0.05) is 6.07 Å². The number of piperazine rings is 1. The molecule has 8 heteroatoms.